The molecule has 0 aliphatic rings. The molecule has 1 heteroatoms. The van der Waals surface area contributed by atoms with Crippen LogP contribution in [0, 0.1) is 6.92 Å². The summed E-state index contributed by atoms with van der Waals surface area (Å²) in [5.41, 5.74) is 2.82. The van der Waals surface area contributed by atoms with E-state index in [9.17, 15) is 0 Å². The number of nitrogens with zero attached hydrogens (tertiary/aromatic N) is 1. The molecule has 0 spiro atoms. The molecule has 21 heavy (non-hydrogen) atoms. The first kappa shape index (κ1) is 15.8. The van der Waals surface area contributed by atoms with Gasteiger partial charge >= 0.3 is 0 Å². The van der Waals surface area contributed by atoms with Gasteiger partial charge in [-0.15, -0.1) is 0 Å². The average Bonchev–Trinajstić information content (AvgIpc) is 2.53. The van der Waals surface area contributed by atoms with Crippen molar-refractivity contribution in [2.75, 3.05) is 0 Å². The summed E-state index contributed by atoms with van der Waals surface area (Å²) in [5.74, 6) is 0. The Morgan fingerprint density at radius 3 is 2.05 bits per heavy atom. The second kappa shape index (κ2) is 9.33. The number of unbranched alkanes of at least 4 members (excludes halogenated alkanes) is 5. The summed E-state index contributed by atoms with van der Waals surface area (Å²) in [6, 6.07) is 15.2. The van der Waals surface area contributed by atoms with E-state index < -0.39 is 0 Å². The summed E-state index contributed by atoms with van der Waals surface area (Å²) in [4.78, 5) is 0. The van der Waals surface area contributed by atoms with Crippen molar-refractivity contribution in [3.8, 4) is 0 Å². The lowest BCUT2D eigenvalue weighted by Crippen LogP contribution is -2.32. The zero-order valence-corrected chi connectivity index (χ0v) is 13.3. The van der Waals surface area contributed by atoms with E-state index >= 15 is 0 Å². The summed E-state index contributed by atoms with van der Waals surface area (Å²) < 4.78 is 2.29. The molecule has 1 aromatic carbocycles. The Morgan fingerprint density at radius 1 is 0.714 bits per heavy atom. The Bertz CT molecular complexity index is 487. The number of benzene rings is 1. The molecule has 2 aromatic rings. The Kier molecular flexibility index (Phi) is 7.00. The van der Waals surface area contributed by atoms with Crippen LogP contribution in [0.5, 0.6) is 0 Å². The lowest BCUT2D eigenvalue weighted by molar-refractivity contribution is -0.697. The highest BCUT2D eigenvalue weighted by atomic mass is 14.9. The molecule has 0 aliphatic carbocycles. The third-order valence-electron chi connectivity index (χ3n) is 4.03. The molecule has 0 saturated carbocycles. The standard InChI is InChI=1S/C20H28N/c1-19-14-17-21(18-15-19)16-10-5-3-2-4-7-11-20-12-8-6-9-13-20/h6,8-9,12-15,17-18H,2-5,7,10-11,16H2,1H3/q+1. The molecule has 112 valence electrons. The SMILES string of the molecule is Cc1cc[n+](CCCCCCCCc2ccccc2)cc1. The maximum Gasteiger partial charge on any atom is 0.169 e. The van der Waals surface area contributed by atoms with E-state index in [1.807, 2.05) is 0 Å². The predicted molar refractivity (Wildman–Crippen MR) is 89.2 cm³/mol. The van der Waals surface area contributed by atoms with Crippen molar-refractivity contribution in [3.05, 3.63) is 66.0 Å². The minimum atomic E-state index is 1.16. The van der Waals surface area contributed by atoms with Gasteiger partial charge in [0.15, 0.2) is 12.4 Å². The molecule has 0 N–H and O–H groups in total. The van der Waals surface area contributed by atoms with E-state index in [4.69, 9.17) is 0 Å². The van der Waals surface area contributed by atoms with Crippen LogP contribution in [0.4, 0.5) is 0 Å². The van der Waals surface area contributed by atoms with E-state index in [0.29, 0.717) is 0 Å². The van der Waals surface area contributed by atoms with E-state index in [1.165, 1.54) is 56.1 Å². The molecule has 0 unspecified atom stereocenters. The summed E-state index contributed by atoms with van der Waals surface area (Å²) in [7, 11) is 0. The summed E-state index contributed by atoms with van der Waals surface area (Å²) in [5, 5.41) is 0. The van der Waals surface area contributed by atoms with Gasteiger partial charge in [-0.2, -0.15) is 0 Å². The lowest BCUT2D eigenvalue weighted by Gasteiger charge is -2.02. The van der Waals surface area contributed by atoms with E-state index in [2.05, 4.69) is 66.3 Å². The Balaban J connectivity index is 1.46. The number of aryl methyl sites for hydroxylation is 3. The molecule has 0 amide bonds. The summed E-state index contributed by atoms with van der Waals surface area (Å²) >= 11 is 0. The van der Waals surface area contributed by atoms with Crippen LogP contribution in [0.25, 0.3) is 0 Å². The Morgan fingerprint density at radius 2 is 1.33 bits per heavy atom. The smallest absolute Gasteiger partial charge is 0.169 e. The van der Waals surface area contributed by atoms with Gasteiger partial charge in [0.1, 0.15) is 6.54 Å². The van der Waals surface area contributed by atoms with Gasteiger partial charge in [-0.1, -0.05) is 49.6 Å². The van der Waals surface area contributed by atoms with Gasteiger partial charge in [0.2, 0.25) is 0 Å². The van der Waals surface area contributed by atoms with Crippen molar-refractivity contribution in [2.45, 2.75) is 58.4 Å². The third-order valence-corrected chi connectivity index (χ3v) is 4.03. The minimum Gasteiger partial charge on any atom is -0.205 e. The Hall–Kier alpha value is -1.63. The lowest BCUT2D eigenvalue weighted by atomic mass is 10.1. The van der Waals surface area contributed by atoms with Gasteiger partial charge in [-0.25, -0.2) is 4.57 Å². The molecule has 1 nitrogen and oxygen atoms in total. The molecule has 0 bridgehead atoms. The molecule has 0 atom stereocenters. The van der Waals surface area contributed by atoms with Crippen LogP contribution in [0.1, 0.15) is 49.7 Å². The number of hydrogen-bond donors (Lipinski definition) is 0. The first-order valence-corrected chi connectivity index (χ1v) is 8.34. The number of rotatable bonds is 9. The quantitative estimate of drug-likeness (QED) is 0.456. The molecule has 0 radical (unpaired) electrons. The molecule has 0 aliphatic heterocycles. The van der Waals surface area contributed by atoms with Crippen LogP contribution in [-0.2, 0) is 13.0 Å². The average molecular weight is 282 g/mol. The maximum absolute atomic E-state index is 2.29. The first-order chi connectivity index (χ1) is 10.3. The fourth-order valence-corrected chi connectivity index (χ4v) is 2.66. The third kappa shape index (κ3) is 6.57. The largest absolute Gasteiger partial charge is 0.205 e. The van der Waals surface area contributed by atoms with Crippen molar-refractivity contribution < 1.29 is 4.57 Å². The van der Waals surface area contributed by atoms with Crippen LogP contribution >= 0.6 is 0 Å². The van der Waals surface area contributed by atoms with Gasteiger partial charge in [0, 0.05) is 18.6 Å². The van der Waals surface area contributed by atoms with Crippen LogP contribution in [0.3, 0.4) is 0 Å². The Labute approximate surface area is 129 Å². The number of aromatic nitrogens is 1. The second-order valence-electron chi connectivity index (χ2n) is 5.97. The monoisotopic (exact) mass is 282 g/mol. The van der Waals surface area contributed by atoms with Gasteiger partial charge in [-0.3, -0.25) is 0 Å². The molecule has 0 fully saturated rings. The van der Waals surface area contributed by atoms with Gasteiger partial charge in [0.05, 0.1) is 0 Å². The summed E-state index contributed by atoms with van der Waals surface area (Å²) in [6.07, 6.45) is 13.7. The molecule has 1 aromatic heterocycles. The van der Waals surface area contributed by atoms with E-state index in [1.54, 1.807) is 0 Å². The topological polar surface area (TPSA) is 3.88 Å². The number of pyridine rings is 1. The fourth-order valence-electron chi connectivity index (χ4n) is 2.66. The van der Waals surface area contributed by atoms with Crippen LogP contribution in [0.15, 0.2) is 54.9 Å². The summed E-state index contributed by atoms with van der Waals surface area (Å²) in [6.45, 7) is 3.30. The van der Waals surface area contributed by atoms with E-state index in [-0.39, 0.29) is 0 Å². The van der Waals surface area contributed by atoms with Crippen LogP contribution in [-0.4, -0.2) is 0 Å². The molecule has 0 saturated heterocycles. The highest BCUT2D eigenvalue weighted by molar-refractivity contribution is 5.14. The minimum absolute atomic E-state index is 1.16. The van der Waals surface area contributed by atoms with Gasteiger partial charge < -0.3 is 0 Å². The van der Waals surface area contributed by atoms with Gasteiger partial charge in [0.25, 0.3) is 0 Å². The van der Waals surface area contributed by atoms with Crippen LogP contribution < -0.4 is 4.57 Å². The maximum atomic E-state index is 2.29. The second-order valence-corrected chi connectivity index (χ2v) is 5.97. The van der Waals surface area contributed by atoms with Gasteiger partial charge in [-0.05, 0) is 37.3 Å². The highest BCUT2D eigenvalue weighted by Gasteiger charge is 1.99. The van der Waals surface area contributed by atoms with Crippen molar-refractivity contribution in [1.82, 2.24) is 0 Å². The zero-order valence-electron chi connectivity index (χ0n) is 13.3. The normalized spacial score (nSPS) is 10.7. The van der Waals surface area contributed by atoms with Crippen molar-refractivity contribution in [2.24, 2.45) is 0 Å². The molecular weight excluding hydrogens is 254 g/mol. The van der Waals surface area contributed by atoms with Crippen molar-refractivity contribution >= 4 is 0 Å². The predicted octanol–water partition coefficient (Wildman–Crippen LogP) is 4.87. The molecule has 2 rings (SSSR count). The number of hydrogen-bond acceptors (Lipinski definition) is 0. The zero-order chi connectivity index (χ0) is 14.8. The van der Waals surface area contributed by atoms with E-state index in [0.717, 1.165) is 6.54 Å². The van der Waals surface area contributed by atoms with Crippen molar-refractivity contribution in [1.29, 1.82) is 0 Å². The molecular formula is C20H28N+. The molecule has 1 heterocycles. The van der Waals surface area contributed by atoms with Crippen LogP contribution in [0.2, 0.25) is 0 Å². The fraction of sp³-hybridized carbons (Fsp3) is 0.450. The highest BCUT2D eigenvalue weighted by Crippen LogP contribution is 2.09. The van der Waals surface area contributed by atoms with Crippen molar-refractivity contribution in [3.63, 3.8) is 0 Å². The first-order valence-electron chi connectivity index (χ1n) is 8.34.